The van der Waals surface area contributed by atoms with E-state index in [1.54, 1.807) is 0 Å². The van der Waals surface area contributed by atoms with Gasteiger partial charge in [0.15, 0.2) is 5.78 Å². The van der Waals surface area contributed by atoms with E-state index in [0.717, 1.165) is 0 Å². The third-order valence-electron chi connectivity index (χ3n) is 1.38. The highest BCUT2D eigenvalue weighted by atomic mass is 31.2. The van der Waals surface area contributed by atoms with E-state index in [0.29, 0.717) is 6.29 Å². The Labute approximate surface area is 114 Å². The Kier molecular flexibility index (Phi) is 16.1. The molecule has 11 nitrogen and oxygen atoms in total. The Morgan fingerprint density at radius 3 is 1.60 bits per heavy atom. The van der Waals surface area contributed by atoms with Gasteiger partial charge in [-0.05, 0) is 6.92 Å². The second-order valence-corrected chi connectivity index (χ2v) is 4.19. The molecular weight excluding hydrogens is 303 g/mol. The van der Waals surface area contributed by atoms with Crippen LogP contribution in [0.1, 0.15) is 6.92 Å². The number of aldehydes is 1. The van der Waals surface area contributed by atoms with E-state index in [9.17, 15) is 4.79 Å². The summed E-state index contributed by atoms with van der Waals surface area (Å²) in [6.07, 6.45) is -4.00. The summed E-state index contributed by atoms with van der Waals surface area (Å²) in [4.78, 5) is 41.0. The number of carbonyl (C=O) groups excluding carboxylic acids is 2. The van der Waals surface area contributed by atoms with E-state index in [1.807, 2.05) is 0 Å². The second kappa shape index (κ2) is 13.2. The van der Waals surface area contributed by atoms with Crippen molar-refractivity contribution in [2.75, 3.05) is 13.2 Å². The van der Waals surface area contributed by atoms with Crippen LogP contribution >= 0.6 is 7.82 Å². The molecular formula is C8H19O11P. The number of aliphatic hydroxyl groups is 5. The molecule has 0 radical (unpaired) electrons. The Hall–Kier alpha value is -0.750. The Morgan fingerprint density at radius 1 is 1.15 bits per heavy atom. The number of rotatable bonds is 5. The quantitative estimate of drug-likeness (QED) is 0.180. The summed E-state index contributed by atoms with van der Waals surface area (Å²) in [5.41, 5.74) is 0. The number of hydrogen-bond acceptors (Lipinski definition) is 8. The van der Waals surface area contributed by atoms with Crippen molar-refractivity contribution in [1.82, 2.24) is 0 Å². The van der Waals surface area contributed by atoms with E-state index in [2.05, 4.69) is 0 Å². The van der Waals surface area contributed by atoms with Crippen LogP contribution in [0.3, 0.4) is 0 Å². The van der Waals surface area contributed by atoms with Gasteiger partial charge >= 0.3 is 7.82 Å². The fourth-order valence-corrected chi connectivity index (χ4v) is 0.548. The minimum atomic E-state index is -4.64. The number of aliphatic hydroxyl groups excluding tert-OH is 5. The molecule has 0 aromatic carbocycles. The average molecular weight is 322 g/mol. The topological polar surface area (TPSA) is 213 Å². The molecule has 0 aliphatic heterocycles. The summed E-state index contributed by atoms with van der Waals surface area (Å²) in [5.74, 6) is -0.904. The maximum absolute atomic E-state index is 10.5. The predicted octanol–water partition coefficient (Wildman–Crippen LogP) is -4.10. The standard InChI is InChI=1S/C6H12O5.C2H4O2.H3O4P/c1-3(8)5(10)6(11)4(9)2-7;3-1-2-4;1-5(2,3)4/h3,5-8,10-11H,2H2,1H3;1,4H,2H2;(H3,1,2,3,4)/t3-,5+,6-;;/m0../s1. The van der Waals surface area contributed by atoms with Crippen LogP contribution in [0.15, 0.2) is 0 Å². The second-order valence-electron chi connectivity index (χ2n) is 3.16. The molecule has 20 heavy (non-hydrogen) atoms. The van der Waals surface area contributed by atoms with Crippen molar-refractivity contribution in [2.45, 2.75) is 25.2 Å². The van der Waals surface area contributed by atoms with Crippen LogP contribution < -0.4 is 0 Å². The number of ketones is 1. The highest BCUT2D eigenvalue weighted by Gasteiger charge is 2.26. The third-order valence-corrected chi connectivity index (χ3v) is 1.38. The van der Waals surface area contributed by atoms with E-state index in [1.165, 1.54) is 6.92 Å². The van der Waals surface area contributed by atoms with E-state index in [4.69, 9.17) is 49.6 Å². The molecule has 0 spiro atoms. The zero-order valence-electron chi connectivity index (χ0n) is 10.5. The van der Waals surface area contributed by atoms with Crippen LogP contribution in [0.25, 0.3) is 0 Å². The normalized spacial score (nSPS) is 14.7. The molecule has 0 aliphatic rings. The number of carbonyl (C=O) groups is 2. The van der Waals surface area contributed by atoms with Crippen LogP contribution in [0.5, 0.6) is 0 Å². The summed E-state index contributed by atoms with van der Waals surface area (Å²) >= 11 is 0. The number of Topliss-reactive ketones (excluding diaryl/α,β-unsaturated/α-hetero) is 1. The molecule has 0 aromatic rings. The summed E-state index contributed by atoms with van der Waals surface area (Å²) in [6.45, 7) is 0.0312. The Balaban J connectivity index is -0.000000266. The molecule has 0 heterocycles. The summed E-state index contributed by atoms with van der Waals surface area (Å²) in [5, 5.41) is 42.1. The van der Waals surface area contributed by atoms with Crippen molar-refractivity contribution in [3.63, 3.8) is 0 Å². The molecule has 0 aromatic heterocycles. The number of phosphoric acid groups is 1. The molecule has 122 valence electrons. The van der Waals surface area contributed by atoms with Crippen molar-refractivity contribution in [3.8, 4) is 0 Å². The first kappa shape index (κ1) is 24.3. The summed E-state index contributed by atoms with van der Waals surface area (Å²) in [6, 6.07) is 0. The summed E-state index contributed by atoms with van der Waals surface area (Å²) < 4.78 is 8.88. The van der Waals surface area contributed by atoms with Gasteiger partial charge in [0.05, 0.1) is 12.7 Å². The summed E-state index contributed by atoms with van der Waals surface area (Å²) in [7, 11) is -4.64. The first-order chi connectivity index (χ1) is 8.92. The smallest absolute Gasteiger partial charge is 0.391 e. The largest absolute Gasteiger partial charge is 0.466 e. The highest BCUT2D eigenvalue weighted by molar-refractivity contribution is 7.45. The van der Waals surface area contributed by atoms with Gasteiger partial charge in [-0.3, -0.25) is 4.79 Å². The molecule has 0 rings (SSSR count). The van der Waals surface area contributed by atoms with Gasteiger partial charge in [0, 0.05) is 0 Å². The number of hydrogen-bond donors (Lipinski definition) is 8. The molecule has 0 unspecified atom stereocenters. The lowest BCUT2D eigenvalue weighted by Gasteiger charge is -2.17. The Morgan fingerprint density at radius 2 is 1.45 bits per heavy atom. The van der Waals surface area contributed by atoms with E-state index in [-0.39, 0.29) is 6.61 Å². The lowest BCUT2D eigenvalue weighted by molar-refractivity contribution is -0.140. The minimum absolute atomic E-state index is 0.361. The van der Waals surface area contributed by atoms with Gasteiger partial charge in [-0.25, -0.2) is 4.57 Å². The molecule has 0 fully saturated rings. The van der Waals surface area contributed by atoms with Gasteiger partial charge in [-0.2, -0.15) is 0 Å². The molecule has 0 amide bonds. The van der Waals surface area contributed by atoms with Gasteiger partial charge in [-0.1, -0.05) is 0 Å². The fraction of sp³-hybridized carbons (Fsp3) is 0.750. The first-order valence-corrected chi connectivity index (χ1v) is 6.49. The van der Waals surface area contributed by atoms with Gasteiger partial charge in [-0.15, -0.1) is 0 Å². The van der Waals surface area contributed by atoms with Crippen LogP contribution in [0.4, 0.5) is 0 Å². The minimum Gasteiger partial charge on any atom is -0.391 e. The molecule has 0 saturated carbocycles. The van der Waals surface area contributed by atoms with Crippen LogP contribution in [-0.4, -0.2) is 83.8 Å². The fourth-order valence-electron chi connectivity index (χ4n) is 0.548. The Bertz CT molecular complexity index is 291. The van der Waals surface area contributed by atoms with Gasteiger partial charge in [0.2, 0.25) is 0 Å². The maximum Gasteiger partial charge on any atom is 0.466 e. The van der Waals surface area contributed by atoms with Crippen LogP contribution in [-0.2, 0) is 14.2 Å². The lowest BCUT2D eigenvalue weighted by atomic mass is 10.1. The van der Waals surface area contributed by atoms with Gasteiger partial charge in [0.25, 0.3) is 0 Å². The zero-order chi connectivity index (χ0) is 16.9. The molecule has 0 bridgehead atoms. The van der Waals surface area contributed by atoms with Crippen LogP contribution in [0, 0.1) is 0 Å². The van der Waals surface area contributed by atoms with E-state index >= 15 is 0 Å². The van der Waals surface area contributed by atoms with Crippen molar-refractivity contribution >= 4 is 19.9 Å². The van der Waals surface area contributed by atoms with Crippen molar-refractivity contribution < 1.29 is 54.4 Å². The molecule has 0 aliphatic carbocycles. The third kappa shape index (κ3) is 22.4. The zero-order valence-corrected chi connectivity index (χ0v) is 11.4. The maximum atomic E-state index is 10.5. The predicted molar refractivity (Wildman–Crippen MR) is 63.2 cm³/mol. The molecule has 8 N–H and O–H groups in total. The molecule has 3 atom stereocenters. The average Bonchev–Trinajstić information content (AvgIpc) is 2.34. The van der Waals surface area contributed by atoms with E-state index < -0.39 is 38.5 Å². The first-order valence-electron chi connectivity index (χ1n) is 4.92. The molecule has 12 heteroatoms. The van der Waals surface area contributed by atoms with Gasteiger partial charge < -0.3 is 45.0 Å². The van der Waals surface area contributed by atoms with Crippen molar-refractivity contribution in [3.05, 3.63) is 0 Å². The van der Waals surface area contributed by atoms with Crippen molar-refractivity contribution in [2.24, 2.45) is 0 Å². The molecule has 0 saturated heterocycles. The lowest BCUT2D eigenvalue weighted by Crippen LogP contribution is -2.42. The monoisotopic (exact) mass is 322 g/mol. The highest BCUT2D eigenvalue weighted by Crippen LogP contribution is 2.25. The van der Waals surface area contributed by atoms with Gasteiger partial charge in [0.1, 0.15) is 25.1 Å². The van der Waals surface area contributed by atoms with Crippen LogP contribution in [0.2, 0.25) is 0 Å². The SMILES string of the molecule is C[C@H](O)[C@@H](O)[C@@H](O)C(=O)CO.O=CCO.O=P(O)(O)O. The van der Waals surface area contributed by atoms with Crippen molar-refractivity contribution in [1.29, 1.82) is 0 Å².